The molecule has 138 valence electrons. The molecule has 0 spiro atoms. The van der Waals surface area contributed by atoms with Crippen molar-refractivity contribution in [2.75, 3.05) is 5.32 Å². The number of pyridine rings is 1. The van der Waals surface area contributed by atoms with Crippen LogP contribution in [0.4, 0.5) is 5.69 Å². The number of nitrogens with one attached hydrogen (secondary N) is 2. The molecule has 4 aromatic rings. The van der Waals surface area contributed by atoms with Crippen LogP contribution in [0.15, 0.2) is 82.5 Å². The van der Waals surface area contributed by atoms with Crippen LogP contribution >= 0.6 is 0 Å². The summed E-state index contributed by atoms with van der Waals surface area (Å²) in [4.78, 5) is 40.1. The van der Waals surface area contributed by atoms with Crippen molar-refractivity contribution in [3.8, 4) is 0 Å². The number of benzene rings is 2. The van der Waals surface area contributed by atoms with E-state index in [0.717, 1.165) is 5.56 Å². The summed E-state index contributed by atoms with van der Waals surface area (Å²) >= 11 is 0. The lowest BCUT2D eigenvalue weighted by molar-refractivity contribution is 0.102. The van der Waals surface area contributed by atoms with Gasteiger partial charge in [-0.05, 0) is 23.8 Å². The Morgan fingerprint density at radius 3 is 2.39 bits per heavy atom. The molecule has 1 amide bonds. The minimum absolute atomic E-state index is 0.0781. The van der Waals surface area contributed by atoms with Crippen molar-refractivity contribution in [3.05, 3.63) is 105 Å². The van der Waals surface area contributed by atoms with Gasteiger partial charge in [-0.25, -0.2) is 4.68 Å². The van der Waals surface area contributed by atoms with Crippen molar-refractivity contribution in [3.63, 3.8) is 0 Å². The van der Waals surface area contributed by atoms with E-state index in [-0.39, 0.29) is 23.5 Å². The molecule has 28 heavy (non-hydrogen) atoms. The van der Waals surface area contributed by atoms with E-state index in [1.165, 1.54) is 16.9 Å². The van der Waals surface area contributed by atoms with E-state index in [1.54, 1.807) is 30.3 Å². The van der Waals surface area contributed by atoms with Crippen LogP contribution in [-0.4, -0.2) is 20.7 Å². The molecule has 2 heterocycles. The fourth-order valence-corrected chi connectivity index (χ4v) is 2.97. The number of amides is 1. The lowest BCUT2D eigenvalue weighted by Gasteiger charge is -2.11. The predicted octanol–water partition coefficient (Wildman–Crippen LogP) is 2.39. The predicted molar refractivity (Wildman–Crippen MR) is 107 cm³/mol. The second-order valence-electron chi connectivity index (χ2n) is 6.21. The summed E-state index contributed by atoms with van der Waals surface area (Å²) < 4.78 is 1.27. The van der Waals surface area contributed by atoms with Gasteiger partial charge < -0.3 is 10.3 Å². The van der Waals surface area contributed by atoms with Gasteiger partial charge >= 0.3 is 0 Å². The van der Waals surface area contributed by atoms with Crippen molar-refractivity contribution in [1.29, 1.82) is 0 Å². The molecule has 0 aliphatic heterocycles. The highest BCUT2D eigenvalue weighted by atomic mass is 16.2. The number of nitrogens with zero attached hydrogens (tertiary/aromatic N) is 2. The summed E-state index contributed by atoms with van der Waals surface area (Å²) in [5.74, 6) is -0.560. The highest BCUT2D eigenvalue weighted by Crippen LogP contribution is 2.15. The van der Waals surface area contributed by atoms with E-state index in [9.17, 15) is 14.4 Å². The third kappa shape index (κ3) is 3.33. The monoisotopic (exact) mass is 372 g/mol. The van der Waals surface area contributed by atoms with Gasteiger partial charge in [-0.3, -0.25) is 14.4 Å². The maximum Gasteiger partial charge on any atom is 0.276 e. The Hall–Kier alpha value is -4.00. The molecule has 0 unspecified atom stereocenters. The van der Waals surface area contributed by atoms with Crippen molar-refractivity contribution in [2.24, 2.45) is 0 Å². The van der Waals surface area contributed by atoms with Crippen LogP contribution in [0.3, 0.4) is 0 Å². The Labute approximate surface area is 159 Å². The van der Waals surface area contributed by atoms with E-state index >= 15 is 0 Å². The lowest BCUT2D eigenvalue weighted by Crippen LogP contribution is -2.29. The van der Waals surface area contributed by atoms with Crippen LogP contribution in [0, 0.1) is 0 Å². The first-order chi connectivity index (χ1) is 13.6. The highest BCUT2D eigenvalue weighted by Gasteiger charge is 2.17. The largest absolute Gasteiger partial charge is 0.327 e. The van der Waals surface area contributed by atoms with Crippen LogP contribution in [0.5, 0.6) is 0 Å². The summed E-state index contributed by atoms with van der Waals surface area (Å²) in [5, 5.41) is 7.69. The Kier molecular flexibility index (Phi) is 4.55. The zero-order valence-electron chi connectivity index (χ0n) is 14.8. The molecule has 0 fully saturated rings. The first-order valence-corrected chi connectivity index (χ1v) is 8.66. The van der Waals surface area contributed by atoms with Crippen molar-refractivity contribution < 1.29 is 4.79 Å². The van der Waals surface area contributed by atoms with Gasteiger partial charge in [-0.2, -0.15) is 5.10 Å². The Bertz CT molecular complexity index is 1280. The minimum atomic E-state index is -0.560. The third-order valence-corrected chi connectivity index (χ3v) is 4.32. The molecular formula is C21H16N4O3. The standard InChI is InChI=1S/C21H16N4O3/c26-19-17(11-6-12-22-19)23-20(27)18-15-9-4-5-10-16(15)21(28)25(24-18)13-14-7-2-1-3-8-14/h1-12H,13H2,(H,22,26)(H,23,27). The van der Waals surface area contributed by atoms with E-state index in [1.807, 2.05) is 30.3 Å². The van der Waals surface area contributed by atoms with Gasteiger partial charge in [0.15, 0.2) is 5.69 Å². The molecule has 0 bridgehead atoms. The van der Waals surface area contributed by atoms with E-state index in [0.29, 0.717) is 10.8 Å². The first-order valence-electron chi connectivity index (χ1n) is 8.66. The van der Waals surface area contributed by atoms with Crippen LogP contribution in [0.25, 0.3) is 10.8 Å². The first kappa shape index (κ1) is 17.4. The normalized spacial score (nSPS) is 10.7. The number of hydrogen-bond acceptors (Lipinski definition) is 4. The Morgan fingerprint density at radius 2 is 1.64 bits per heavy atom. The van der Waals surface area contributed by atoms with Crippen molar-refractivity contribution in [1.82, 2.24) is 14.8 Å². The number of fused-ring (bicyclic) bond motifs is 1. The number of anilines is 1. The van der Waals surface area contributed by atoms with E-state index in [2.05, 4.69) is 15.4 Å². The van der Waals surface area contributed by atoms with Crippen molar-refractivity contribution in [2.45, 2.75) is 6.54 Å². The Balaban J connectivity index is 1.82. The topological polar surface area (TPSA) is 96.8 Å². The molecule has 0 atom stereocenters. The van der Waals surface area contributed by atoms with Gasteiger partial charge in [0.25, 0.3) is 17.0 Å². The molecule has 0 saturated carbocycles. The molecule has 0 aliphatic carbocycles. The summed E-state index contributed by atoms with van der Waals surface area (Å²) in [7, 11) is 0. The molecule has 4 rings (SSSR count). The summed E-state index contributed by atoms with van der Waals surface area (Å²) in [6.45, 7) is 0.233. The van der Waals surface area contributed by atoms with E-state index < -0.39 is 11.5 Å². The number of H-pyrrole nitrogens is 1. The smallest absolute Gasteiger partial charge is 0.276 e. The number of hydrogen-bond donors (Lipinski definition) is 2. The molecular weight excluding hydrogens is 356 g/mol. The maximum atomic E-state index is 12.9. The highest BCUT2D eigenvalue weighted by molar-refractivity contribution is 6.11. The molecule has 2 N–H and O–H groups in total. The second kappa shape index (κ2) is 7.32. The average molecular weight is 372 g/mol. The van der Waals surface area contributed by atoms with Crippen LogP contribution < -0.4 is 16.4 Å². The molecule has 2 aromatic carbocycles. The zero-order chi connectivity index (χ0) is 19.5. The summed E-state index contributed by atoms with van der Waals surface area (Å²) in [5.41, 5.74) is 0.373. The molecule has 7 heteroatoms. The minimum Gasteiger partial charge on any atom is -0.327 e. The van der Waals surface area contributed by atoms with Gasteiger partial charge in [-0.1, -0.05) is 48.5 Å². The fourth-order valence-electron chi connectivity index (χ4n) is 2.97. The van der Waals surface area contributed by atoms with E-state index in [4.69, 9.17) is 0 Å². The summed E-state index contributed by atoms with van der Waals surface area (Å²) in [6, 6.07) is 19.3. The van der Waals surface area contributed by atoms with Crippen LogP contribution in [-0.2, 0) is 6.54 Å². The molecule has 0 saturated heterocycles. The second-order valence-corrected chi connectivity index (χ2v) is 6.21. The number of aromatic nitrogens is 3. The van der Waals surface area contributed by atoms with Gasteiger partial charge in [0.1, 0.15) is 5.69 Å². The number of aromatic amines is 1. The zero-order valence-corrected chi connectivity index (χ0v) is 14.8. The van der Waals surface area contributed by atoms with Gasteiger partial charge in [-0.15, -0.1) is 0 Å². The third-order valence-electron chi connectivity index (χ3n) is 4.32. The van der Waals surface area contributed by atoms with Gasteiger partial charge in [0.05, 0.1) is 11.9 Å². The molecule has 0 aliphatic rings. The fraction of sp³-hybridized carbons (Fsp3) is 0.0476. The van der Waals surface area contributed by atoms with Crippen molar-refractivity contribution >= 4 is 22.4 Å². The number of carbonyl (C=O) groups excluding carboxylic acids is 1. The average Bonchev–Trinajstić information content (AvgIpc) is 2.72. The SMILES string of the molecule is O=C(Nc1ccc[nH]c1=O)c1nn(Cc2ccccc2)c(=O)c2ccccc12. The lowest BCUT2D eigenvalue weighted by atomic mass is 10.1. The van der Waals surface area contributed by atoms with Gasteiger partial charge in [0, 0.05) is 11.6 Å². The molecule has 0 radical (unpaired) electrons. The summed E-state index contributed by atoms with van der Waals surface area (Å²) in [6.07, 6.45) is 1.48. The number of rotatable bonds is 4. The molecule has 2 aromatic heterocycles. The molecule has 7 nitrogen and oxygen atoms in total. The maximum absolute atomic E-state index is 12.9. The van der Waals surface area contributed by atoms with Crippen LogP contribution in [0.2, 0.25) is 0 Å². The quantitative estimate of drug-likeness (QED) is 0.575. The number of carbonyl (C=O) groups is 1. The van der Waals surface area contributed by atoms with Gasteiger partial charge in [0.2, 0.25) is 0 Å². The Morgan fingerprint density at radius 1 is 0.929 bits per heavy atom. The van der Waals surface area contributed by atoms with Crippen LogP contribution in [0.1, 0.15) is 16.1 Å².